The van der Waals surface area contributed by atoms with E-state index >= 15 is 0 Å². The quantitative estimate of drug-likeness (QED) is 0.191. The summed E-state index contributed by atoms with van der Waals surface area (Å²) in [5.74, 6) is 0. The molecule has 0 atom stereocenters. The van der Waals surface area contributed by atoms with Crippen molar-refractivity contribution in [1.82, 2.24) is 9.13 Å². The molecule has 0 radical (unpaired) electrons. The van der Waals surface area contributed by atoms with E-state index in [1.807, 2.05) is 0 Å². The number of para-hydroxylation sites is 2. The van der Waals surface area contributed by atoms with Crippen molar-refractivity contribution in [2.75, 3.05) is 0 Å². The zero-order valence-electron chi connectivity index (χ0n) is 23.9. The lowest BCUT2D eigenvalue weighted by atomic mass is 9.95. The highest BCUT2D eigenvalue weighted by Crippen LogP contribution is 2.43. The van der Waals surface area contributed by atoms with Gasteiger partial charge in [0.2, 0.25) is 0 Å². The second-order valence-corrected chi connectivity index (χ2v) is 11.7. The van der Waals surface area contributed by atoms with E-state index in [4.69, 9.17) is 0 Å². The van der Waals surface area contributed by atoms with Gasteiger partial charge < -0.3 is 9.13 Å². The minimum Gasteiger partial charge on any atom is -0.309 e. The first kappa shape index (κ1) is 23.7. The zero-order valence-corrected chi connectivity index (χ0v) is 23.9. The van der Waals surface area contributed by atoms with Crippen LogP contribution in [0.25, 0.3) is 87.7 Å². The molecule has 0 aliphatic rings. The van der Waals surface area contributed by atoms with Crippen LogP contribution in [-0.2, 0) is 0 Å². The molecule has 0 aliphatic carbocycles. The normalized spacial score (nSPS) is 12.1. The van der Waals surface area contributed by atoms with E-state index in [1.165, 1.54) is 87.7 Å². The van der Waals surface area contributed by atoms with Gasteiger partial charge >= 0.3 is 0 Å². The van der Waals surface area contributed by atoms with Gasteiger partial charge in [0.05, 0.1) is 22.1 Å². The first-order valence-corrected chi connectivity index (χ1v) is 15.2. The van der Waals surface area contributed by atoms with Gasteiger partial charge in [0, 0.05) is 32.9 Å². The maximum absolute atomic E-state index is 2.43. The predicted molar refractivity (Wildman–Crippen MR) is 187 cm³/mol. The molecule has 10 rings (SSSR count). The predicted octanol–water partition coefficient (Wildman–Crippen LogP) is 11.3. The van der Waals surface area contributed by atoms with Crippen molar-refractivity contribution >= 4 is 65.2 Å². The molecule has 0 spiro atoms. The molecule has 0 amide bonds. The summed E-state index contributed by atoms with van der Waals surface area (Å²) < 4.78 is 4.80. The van der Waals surface area contributed by atoms with Crippen molar-refractivity contribution < 1.29 is 0 Å². The molecule has 0 bridgehead atoms. The molecule has 0 aliphatic heterocycles. The first-order chi connectivity index (χ1) is 21.8. The Hall–Kier alpha value is -5.86. The molecule has 0 saturated heterocycles. The van der Waals surface area contributed by atoms with E-state index in [-0.39, 0.29) is 0 Å². The van der Waals surface area contributed by atoms with Gasteiger partial charge in [-0.15, -0.1) is 0 Å². The van der Waals surface area contributed by atoms with E-state index in [2.05, 4.69) is 167 Å². The van der Waals surface area contributed by atoms with Crippen molar-refractivity contribution in [2.24, 2.45) is 0 Å². The molecule has 204 valence electrons. The number of fused-ring (bicyclic) bond motifs is 6. The van der Waals surface area contributed by atoms with Gasteiger partial charge in [-0.3, -0.25) is 0 Å². The number of nitrogens with zero attached hydrogens (tertiary/aromatic N) is 2. The fourth-order valence-corrected chi connectivity index (χ4v) is 7.60. The van der Waals surface area contributed by atoms with Gasteiger partial charge in [0.1, 0.15) is 0 Å². The van der Waals surface area contributed by atoms with E-state index in [1.54, 1.807) is 0 Å². The van der Waals surface area contributed by atoms with Crippen molar-refractivity contribution in [2.45, 2.75) is 0 Å². The Kier molecular flexibility index (Phi) is 4.75. The Labute approximate surface area is 254 Å². The molecule has 2 nitrogen and oxygen atoms in total. The third kappa shape index (κ3) is 3.14. The topological polar surface area (TPSA) is 9.86 Å². The van der Waals surface area contributed by atoms with Crippen molar-refractivity contribution in [3.63, 3.8) is 0 Å². The van der Waals surface area contributed by atoms with Gasteiger partial charge in [-0.1, -0.05) is 103 Å². The standard InChI is InChI=1S/C42H26N2/c1-2-10-29(11-3-1)43-37-17-7-6-14-33(37)36-26-28(22-25-38(36)43)27-20-23-30(24-21-27)44-39-18-8-15-34-31-12-4-5-13-32(31)35-16-9-19-40(44)42(35)41(34)39/h1-26H. The summed E-state index contributed by atoms with van der Waals surface area (Å²) in [5, 5.41) is 10.5. The maximum Gasteiger partial charge on any atom is 0.0547 e. The van der Waals surface area contributed by atoms with Crippen LogP contribution in [0.1, 0.15) is 0 Å². The number of aromatic nitrogens is 2. The lowest BCUT2D eigenvalue weighted by Gasteiger charge is -2.10. The minimum atomic E-state index is 1.18. The average molecular weight is 559 g/mol. The average Bonchev–Trinajstić information content (AvgIpc) is 3.62. The zero-order chi connectivity index (χ0) is 28.8. The fourth-order valence-electron chi connectivity index (χ4n) is 7.60. The van der Waals surface area contributed by atoms with E-state index < -0.39 is 0 Å². The largest absolute Gasteiger partial charge is 0.309 e. The van der Waals surface area contributed by atoms with Crippen LogP contribution in [0.3, 0.4) is 0 Å². The molecule has 8 aromatic carbocycles. The number of benzene rings is 8. The molecule has 0 fully saturated rings. The van der Waals surface area contributed by atoms with Gasteiger partial charge in [-0.25, -0.2) is 0 Å². The molecular formula is C42H26N2. The van der Waals surface area contributed by atoms with Crippen LogP contribution in [0.4, 0.5) is 0 Å². The molecule has 0 unspecified atom stereocenters. The Balaban J connectivity index is 1.15. The summed E-state index contributed by atoms with van der Waals surface area (Å²) >= 11 is 0. The highest BCUT2D eigenvalue weighted by Gasteiger charge is 2.19. The highest BCUT2D eigenvalue weighted by atomic mass is 15.0. The van der Waals surface area contributed by atoms with Crippen LogP contribution >= 0.6 is 0 Å². The van der Waals surface area contributed by atoms with E-state index in [0.29, 0.717) is 0 Å². The summed E-state index contributed by atoms with van der Waals surface area (Å²) in [5.41, 5.74) is 9.75. The summed E-state index contributed by atoms with van der Waals surface area (Å²) in [4.78, 5) is 0. The molecule has 10 aromatic rings. The van der Waals surface area contributed by atoms with Crippen molar-refractivity contribution in [3.8, 4) is 22.5 Å². The Morgan fingerprint density at radius 2 is 0.750 bits per heavy atom. The van der Waals surface area contributed by atoms with Crippen LogP contribution in [0.5, 0.6) is 0 Å². The minimum absolute atomic E-state index is 1.18. The molecule has 2 heterocycles. The summed E-state index contributed by atoms with van der Waals surface area (Å²) in [6.45, 7) is 0. The van der Waals surface area contributed by atoms with Crippen LogP contribution in [0.15, 0.2) is 158 Å². The number of hydrogen-bond donors (Lipinski definition) is 0. The monoisotopic (exact) mass is 558 g/mol. The molecule has 0 saturated carbocycles. The van der Waals surface area contributed by atoms with Gasteiger partial charge in [0.15, 0.2) is 0 Å². The molecule has 44 heavy (non-hydrogen) atoms. The first-order valence-electron chi connectivity index (χ1n) is 15.2. The third-order valence-electron chi connectivity index (χ3n) is 9.47. The fraction of sp³-hybridized carbons (Fsp3) is 0. The van der Waals surface area contributed by atoms with Gasteiger partial charge in [-0.2, -0.15) is 0 Å². The Morgan fingerprint density at radius 3 is 1.43 bits per heavy atom. The van der Waals surface area contributed by atoms with E-state index in [9.17, 15) is 0 Å². The summed E-state index contributed by atoms with van der Waals surface area (Å²) in [7, 11) is 0. The summed E-state index contributed by atoms with van der Waals surface area (Å²) in [6, 6.07) is 57.6. The highest BCUT2D eigenvalue weighted by molar-refractivity contribution is 6.34. The van der Waals surface area contributed by atoms with Crippen molar-refractivity contribution in [3.05, 3.63) is 158 Å². The molecule has 0 N–H and O–H groups in total. The lowest BCUT2D eigenvalue weighted by Crippen LogP contribution is -1.94. The van der Waals surface area contributed by atoms with Crippen molar-refractivity contribution in [1.29, 1.82) is 0 Å². The van der Waals surface area contributed by atoms with Crippen LogP contribution < -0.4 is 0 Å². The van der Waals surface area contributed by atoms with Crippen LogP contribution in [0, 0.1) is 0 Å². The molecular weight excluding hydrogens is 532 g/mol. The summed E-state index contributed by atoms with van der Waals surface area (Å²) in [6.07, 6.45) is 0. The lowest BCUT2D eigenvalue weighted by molar-refractivity contribution is 1.18. The number of hydrogen-bond acceptors (Lipinski definition) is 0. The van der Waals surface area contributed by atoms with Crippen LogP contribution in [-0.4, -0.2) is 9.13 Å². The Morgan fingerprint density at radius 1 is 0.273 bits per heavy atom. The molecule has 2 heteroatoms. The second kappa shape index (κ2) is 8.82. The number of rotatable bonds is 3. The maximum atomic E-state index is 2.43. The van der Waals surface area contributed by atoms with Crippen LogP contribution in [0.2, 0.25) is 0 Å². The van der Waals surface area contributed by atoms with Gasteiger partial charge in [-0.05, 0) is 87.3 Å². The SMILES string of the molecule is c1ccc(-n2c3ccccc3c3cc(-c4ccc(-n5c6cccc7c8ccccc8c8cccc5c8c76)cc4)ccc32)cc1. The second-order valence-electron chi connectivity index (χ2n) is 11.7. The molecule has 2 aromatic heterocycles. The smallest absolute Gasteiger partial charge is 0.0547 e. The Bertz CT molecular complexity index is 2600. The van der Waals surface area contributed by atoms with E-state index in [0.717, 1.165) is 0 Å². The van der Waals surface area contributed by atoms with Gasteiger partial charge in [0.25, 0.3) is 0 Å². The third-order valence-corrected chi connectivity index (χ3v) is 9.47.